The van der Waals surface area contributed by atoms with Crippen molar-refractivity contribution in [2.45, 2.75) is 0 Å². The molecule has 8 heavy (non-hydrogen) atoms. The van der Waals surface area contributed by atoms with Crippen LogP contribution in [0.25, 0.3) is 0 Å². The second-order valence-electron chi connectivity index (χ2n) is 0.907. The van der Waals surface area contributed by atoms with Gasteiger partial charge >= 0.3 is 29.6 Å². The maximum Gasteiger partial charge on any atom is 1.00 e. The first kappa shape index (κ1) is 11.6. The minimum absolute atomic E-state index is 0. The van der Waals surface area contributed by atoms with Crippen molar-refractivity contribution >= 4 is 10.1 Å². The van der Waals surface area contributed by atoms with Crippen LogP contribution in [0.15, 0.2) is 0 Å². The Bertz CT molecular complexity index is 127. The van der Waals surface area contributed by atoms with Gasteiger partial charge in [0.25, 0.3) is 0 Å². The summed E-state index contributed by atoms with van der Waals surface area (Å²) in [6, 6.07) is 0. The molecule has 0 aromatic heterocycles. The average Bonchev–Trinajstić information content (AvgIpc) is 1.30. The summed E-state index contributed by atoms with van der Waals surface area (Å²) in [5.74, 6) is -0.812. The van der Waals surface area contributed by atoms with Crippen LogP contribution in [0.4, 0.5) is 0 Å². The molecule has 0 aromatic rings. The third-order valence-electron chi connectivity index (χ3n) is 0.279. The van der Waals surface area contributed by atoms with Crippen LogP contribution in [0.1, 0.15) is 0 Å². The van der Waals surface area contributed by atoms with Crippen molar-refractivity contribution in [1.82, 2.24) is 0 Å². The van der Waals surface area contributed by atoms with Gasteiger partial charge in [-0.3, -0.25) is 0 Å². The molecule has 0 heterocycles. The number of aliphatic hydroxyl groups is 1. The van der Waals surface area contributed by atoms with E-state index >= 15 is 0 Å². The van der Waals surface area contributed by atoms with Gasteiger partial charge < -0.3 is 9.66 Å². The van der Waals surface area contributed by atoms with Gasteiger partial charge in [-0.15, -0.1) is 0 Å². The van der Waals surface area contributed by atoms with E-state index in [4.69, 9.17) is 5.11 Å². The summed E-state index contributed by atoms with van der Waals surface area (Å²) in [7, 11) is -4.23. The van der Waals surface area contributed by atoms with Gasteiger partial charge in [-0.25, -0.2) is 8.42 Å². The molecule has 0 aliphatic heterocycles. The molecule has 0 aromatic carbocycles. The molecule has 0 spiro atoms. The van der Waals surface area contributed by atoms with Crippen LogP contribution in [0.3, 0.4) is 0 Å². The molecule has 0 rings (SSSR count). The van der Waals surface area contributed by atoms with Crippen molar-refractivity contribution in [3.63, 3.8) is 0 Å². The minimum atomic E-state index is -4.23. The fraction of sp³-hybridized carbons (Fsp3) is 0.500. The third-order valence-corrected chi connectivity index (χ3v) is 0.836. The van der Waals surface area contributed by atoms with Gasteiger partial charge in [0, 0.05) is 0 Å². The van der Waals surface area contributed by atoms with E-state index in [2.05, 4.69) is 0 Å². The average molecular weight is 147 g/mol. The molecule has 0 fully saturated rings. The number of hydrogen-bond donors (Lipinski definition) is 1. The van der Waals surface area contributed by atoms with Gasteiger partial charge in [0.1, 0.15) is 0 Å². The maximum atomic E-state index is 9.48. The zero-order valence-corrected chi connectivity index (χ0v) is 7.18. The first-order valence-electron chi connectivity index (χ1n) is 1.46. The smallest absolute Gasteiger partial charge is 0.748 e. The molecule has 0 bridgehead atoms. The number of hydrogen-bond acceptors (Lipinski definition) is 4. The van der Waals surface area contributed by atoms with Gasteiger partial charge in [-0.2, -0.15) is 0 Å². The van der Waals surface area contributed by atoms with Gasteiger partial charge in [0.2, 0.25) is 0 Å². The van der Waals surface area contributed by atoms with Crippen molar-refractivity contribution < 1.29 is 47.6 Å². The second-order valence-corrected chi connectivity index (χ2v) is 2.36. The summed E-state index contributed by atoms with van der Waals surface area (Å²) in [5.41, 5.74) is 0. The first-order chi connectivity index (χ1) is 3.06. The standard InChI is InChI=1S/C2H5O4S.Na/c3-1-2-7(4,5)6;/h1,3H,2H2,(H,4,5,6);/q;+1/p-1. The largest absolute Gasteiger partial charge is 1.00 e. The Hall–Kier alpha value is 0.870. The summed E-state index contributed by atoms with van der Waals surface area (Å²) in [4.78, 5) is 0. The van der Waals surface area contributed by atoms with E-state index in [-0.39, 0.29) is 29.6 Å². The first-order valence-corrected chi connectivity index (χ1v) is 3.03. The predicted octanol–water partition coefficient (Wildman–Crippen LogP) is -3.93. The van der Waals surface area contributed by atoms with Crippen LogP contribution in [0.2, 0.25) is 0 Å². The Labute approximate surface area is 69.9 Å². The molecule has 0 unspecified atom stereocenters. The summed E-state index contributed by atoms with van der Waals surface area (Å²) in [6.45, 7) is 0.308. The zero-order chi connectivity index (χ0) is 5.91. The second kappa shape index (κ2) is 4.72. The topological polar surface area (TPSA) is 77.4 Å². The number of aliphatic hydroxyl groups excluding tert-OH is 1. The molecule has 0 amide bonds. The minimum Gasteiger partial charge on any atom is -0.748 e. The van der Waals surface area contributed by atoms with Crippen LogP contribution in [-0.4, -0.2) is 23.8 Å². The monoisotopic (exact) mass is 147 g/mol. The Balaban J connectivity index is 0. The molecular formula is C2H4NaO4S. The molecule has 0 saturated heterocycles. The van der Waals surface area contributed by atoms with Crippen molar-refractivity contribution in [1.29, 1.82) is 0 Å². The molecular weight excluding hydrogens is 143 g/mol. The number of rotatable bonds is 2. The van der Waals surface area contributed by atoms with Crippen molar-refractivity contribution in [2.75, 3.05) is 5.75 Å². The van der Waals surface area contributed by atoms with Crippen molar-refractivity contribution in [2.24, 2.45) is 0 Å². The Morgan fingerprint density at radius 3 is 2.00 bits per heavy atom. The summed E-state index contributed by atoms with van der Waals surface area (Å²) in [6.07, 6.45) is 0. The fourth-order valence-corrected chi connectivity index (χ4v) is 0.274. The Kier molecular flexibility index (Phi) is 6.87. The molecule has 1 N–H and O–H groups in total. The normalized spacial score (nSPS) is 10.2. The van der Waals surface area contributed by atoms with E-state index in [1.165, 1.54) is 0 Å². The van der Waals surface area contributed by atoms with E-state index in [1.807, 2.05) is 0 Å². The molecule has 0 aliphatic carbocycles. The van der Waals surface area contributed by atoms with Crippen LogP contribution >= 0.6 is 0 Å². The Morgan fingerprint density at radius 1 is 1.62 bits per heavy atom. The van der Waals surface area contributed by atoms with Crippen molar-refractivity contribution in [3.8, 4) is 0 Å². The summed E-state index contributed by atoms with van der Waals surface area (Å²) in [5, 5.41) is 7.70. The van der Waals surface area contributed by atoms with E-state index in [0.717, 1.165) is 0 Å². The zero-order valence-electron chi connectivity index (χ0n) is 4.36. The predicted molar refractivity (Wildman–Crippen MR) is 20.8 cm³/mol. The van der Waals surface area contributed by atoms with Crippen LogP contribution in [-0.2, 0) is 10.1 Å². The van der Waals surface area contributed by atoms with E-state index < -0.39 is 15.9 Å². The molecule has 4 nitrogen and oxygen atoms in total. The van der Waals surface area contributed by atoms with Crippen molar-refractivity contribution in [3.05, 3.63) is 6.61 Å². The molecule has 43 valence electrons. The molecule has 0 saturated carbocycles. The maximum absolute atomic E-state index is 9.48. The van der Waals surface area contributed by atoms with E-state index in [1.54, 1.807) is 0 Å². The van der Waals surface area contributed by atoms with Gasteiger partial charge in [-0.05, 0) is 0 Å². The van der Waals surface area contributed by atoms with E-state index in [0.29, 0.717) is 6.61 Å². The molecule has 1 radical (unpaired) electrons. The van der Waals surface area contributed by atoms with Crippen LogP contribution in [0, 0.1) is 6.61 Å². The SMILES string of the molecule is O=S(=O)([O-])C[CH]O.[Na+]. The van der Waals surface area contributed by atoms with E-state index in [9.17, 15) is 13.0 Å². The third kappa shape index (κ3) is 9.98. The molecule has 0 aliphatic rings. The van der Waals surface area contributed by atoms with Crippen LogP contribution < -0.4 is 29.6 Å². The van der Waals surface area contributed by atoms with Gasteiger partial charge in [0.15, 0.2) is 0 Å². The van der Waals surface area contributed by atoms with Crippen LogP contribution in [0.5, 0.6) is 0 Å². The molecule has 6 heteroatoms. The van der Waals surface area contributed by atoms with Gasteiger partial charge in [0.05, 0.1) is 22.5 Å². The Morgan fingerprint density at radius 2 is 2.00 bits per heavy atom. The molecule has 0 atom stereocenters. The van der Waals surface area contributed by atoms with Gasteiger partial charge in [-0.1, -0.05) is 0 Å². The summed E-state index contributed by atoms with van der Waals surface area (Å²) >= 11 is 0. The summed E-state index contributed by atoms with van der Waals surface area (Å²) < 4.78 is 28.5. The fourth-order valence-electron chi connectivity index (χ4n) is 0.0913. The quantitative estimate of drug-likeness (QED) is 0.319.